The molecular formula is C14H21N3O2. The van der Waals surface area contributed by atoms with Crippen molar-refractivity contribution in [3.63, 3.8) is 0 Å². The molecule has 1 aliphatic rings. The largest absolute Gasteiger partial charge is 0.397 e. The Hall–Kier alpha value is -1.78. The van der Waals surface area contributed by atoms with Crippen molar-refractivity contribution in [1.82, 2.24) is 0 Å². The van der Waals surface area contributed by atoms with Gasteiger partial charge in [0.15, 0.2) is 0 Å². The van der Waals surface area contributed by atoms with E-state index in [1.54, 1.807) is 6.07 Å². The van der Waals surface area contributed by atoms with Crippen molar-refractivity contribution < 1.29 is 4.92 Å². The van der Waals surface area contributed by atoms with Gasteiger partial charge in [0, 0.05) is 18.2 Å². The number of hydrogen-bond donors (Lipinski definition) is 2. The molecule has 0 amide bonds. The van der Waals surface area contributed by atoms with E-state index in [9.17, 15) is 10.1 Å². The Morgan fingerprint density at radius 2 is 2.26 bits per heavy atom. The molecule has 5 heteroatoms. The number of nitrogens with one attached hydrogen (secondary N) is 1. The van der Waals surface area contributed by atoms with Gasteiger partial charge in [-0.2, -0.15) is 0 Å². The first kappa shape index (κ1) is 13.6. The maximum atomic E-state index is 10.7. The first-order valence-electron chi connectivity index (χ1n) is 6.90. The predicted octanol–water partition coefficient (Wildman–Crippen LogP) is 3.56. The number of benzene rings is 1. The molecule has 19 heavy (non-hydrogen) atoms. The van der Waals surface area contributed by atoms with Crippen LogP contribution in [-0.2, 0) is 0 Å². The van der Waals surface area contributed by atoms with Crippen LogP contribution in [0, 0.1) is 16.0 Å². The molecule has 104 valence electrons. The normalized spacial score (nSPS) is 23.0. The van der Waals surface area contributed by atoms with E-state index in [-0.39, 0.29) is 5.69 Å². The number of anilines is 2. The number of nitrogen functional groups attached to an aromatic ring is 1. The van der Waals surface area contributed by atoms with E-state index in [1.165, 1.54) is 31.4 Å². The molecule has 1 aliphatic carbocycles. The van der Waals surface area contributed by atoms with Crippen molar-refractivity contribution in [2.24, 2.45) is 5.92 Å². The molecule has 0 radical (unpaired) electrons. The van der Waals surface area contributed by atoms with Crippen LogP contribution in [0.15, 0.2) is 18.2 Å². The molecule has 1 aromatic rings. The van der Waals surface area contributed by atoms with Crippen molar-refractivity contribution in [1.29, 1.82) is 0 Å². The molecule has 5 nitrogen and oxygen atoms in total. The third-order valence-electron chi connectivity index (χ3n) is 3.97. The minimum atomic E-state index is -0.423. The van der Waals surface area contributed by atoms with Crippen LogP contribution in [0.2, 0.25) is 0 Å². The molecule has 0 heterocycles. The number of nitro groups is 1. The zero-order chi connectivity index (χ0) is 13.8. The molecule has 0 aliphatic heterocycles. The van der Waals surface area contributed by atoms with Crippen LogP contribution in [0.5, 0.6) is 0 Å². The highest BCUT2D eigenvalue weighted by Crippen LogP contribution is 2.31. The number of rotatable bonds is 4. The second-order valence-electron chi connectivity index (χ2n) is 5.31. The van der Waals surface area contributed by atoms with E-state index in [2.05, 4.69) is 12.2 Å². The summed E-state index contributed by atoms with van der Waals surface area (Å²) in [6, 6.07) is 5.06. The van der Waals surface area contributed by atoms with Gasteiger partial charge in [-0.05, 0) is 24.8 Å². The van der Waals surface area contributed by atoms with Crippen LogP contribution < -0.4 is 11.1 Å². The molecule has 1 saturated carbocycles. The summed E-state index contributed by atoms with van der Waals surface area (Å²) in [5, 5.41) is 14.1. The zero-order valence-corrected chi connectivity index (χ0v) is 11.3. The van der Waals surface area contributed by atoms with Gasteiger partial charge < -0.3 is 11.1 Å². The smallest absolute Gasteiger partial charge is 0.271 e. The third kappa shape index (κ3) is 3.36. The highest BCUT2D eigenvalue weighted by Gasteiger charge is 2.21. The summed E-state index contributed by atoms with van der Waals surface area (Å²) in [4.78, 5) is 10.2. The van der Waals surface area contributed by atoms with E-state index in [0.29, 0.717) is 11.7 Å². The molecule has 2 atom stereocenters. The Morgan fingerprint density at radius 3 is 2.89 bits per heavy atom. The molecule has 3 N–H and O–H groups in total. The van der Waals surface area contributed by atoms with Gasteiger partial charge in [-0.25, -0.2) is 0 Å². The van der Waals surface area contributed by atoms with Crippen molar-refractivity contribution >= 4 is 17.1 Å². The summed E-state index contributed by atoms with van der Waals surface area (Å²) in [6.45, 7) is 2.23. The molecule has 0 saturated heterocycles. The first-order chi connectivity index (χ1) is 9.10. The number of non-ortho nitro benzene ring substituents is 1. The molecule has 0 spiro atoms. The van der Waals surface area contributed by atoms with Gasteiger partial charge in [-0.15, -0.1) is 0 Å². The lowest BCUT2D eigenvalue weighted by Gasteiger charge is -2.30. The van der Waals surface area contributed by atoms with E-state index >= 15 is 0 Å². The monoisotopic (exact) mass is 263 g/mol. The van der Waals surface area contributed by atoms with E-state index < -0.39 is 4.92 Å². The lowest BCUT2D eigenvalue weighted by atomic mass is 9.84. The molecule has 1 aromatic carbocycles. The Bertz CT molecular complexity index is 462. The SMILES string of the molecule is CCC1CCCC(Nc2ccc([N+](=O)[O-])cc2N)C1. The van der Waals surface area contributed by atoms with Crippen molar-refractivity contribution in [3.8, 4) is 0 Å². The summed E-state index contributed by atoms with van der Waals surface area (Å²) < 4.78 is 0. The van der Waals surface area contributed by atoms with E-state index in [1.807, 2.05) is 0 Å². The Morgan fingerprint density at radius 1 is 1.47 bits per heavy atom. The Balaban J connectivity index is 2.04. The number of nitro benzene ring substituents is 1. The topological polar surface area (TPSA) is 81.2 Å². The van der Waals surface area contributed by atoms with Crippen LogP contribution in [0.1, 0.15) is 39.0 Å². The number of nitrogens with two attached hydrogens (primary N) is 1. The van der Waals surface area contributed by atoms with E-state index in [4.69, 9.17) is 5.73 Å². The first-order valence-corrected chi connectivity index (χ1v) is 6.90. The maximum absolute atomic E-state index is 10.7. The number of nitrogens with zero attached hydrogens (tertiary/aromatic N) is 1. The molecule has 0 aromatic heterocycles. The average Bonchev–Trinajstić information content (AvgIpc) is 2.41. The van der Waals surface area contributed by atoms with Crippen LogP contribution in [0.4, 0.5) is 17.1 Å². The lowest BCUT2D eigenvalue weighted by Crippen LogP contribution is -2.27. The van der Waals surface area contributed by atoms with Gasteiger partial charge in [0.1, 0.15) is 0 Å². The summed E-state index contributed by atoms with van der Waals surface area (Å²) in [5.41, 5.74) is 7.18. The van der Waals surface area contributed by atoms with Crippen LogP contribution in [0.25, 0.3) is 0 Å². The van der Waals surface area contributed by atoms with Crippen molar-refractivity contribution in [2.75, 3.05) is 11.1 Å². The van der Waals surface area contributed by atoms with Crippen molar-refractivity contribution in [3.05, 3.63) is 28.3 Å². The second kappa shape index (κ2) is 5.91. The zero-order valence-electron chi connectivity index (χ0n) is 11.3. The third-order valence-corrected chi connectivity index (χ3v) is 3.97. The minimum Gasteiger partial charge on any atom is -0.397 e. The summed E-state index contributed by atoms with van der Waals surface area (Å²) in [5.74, 6) is 0.783. The fourth-order valence-corrected chi connectivity index (χ4v) is 2.81. The molecular weight excluding hydrogens is 242 g/mol. The van der Waals surface area contributed by atoms with Gasteiger partial charge in [0.05, 0.1) is 16.3 Å². The standard InChI is InChI=1S/C14H21N3O2/c1-2-10-4-3-5-11(8-10)16-14-7-6-12(17(18)19)9-13(14)15/h6-7,9-11,16H,2-5,8,15H2,1H3. The highest BCUT2D eigenvalue weighted by atomic mass is 16.6. The van der Waals surface area contributed by atoms with E-state index in [0.717, 1.165) is 24.4 Å². The maximum Gasteiger partial charge on any atom is 0.271 e. The van der Waals surface area contributed by atoms with Gasteiger partial charge in [0.25, 0.3) is 5.69 Å². The Kier molecular flexibility index (Phi) is 4.24. The van der Waals surface area contributed by atoms with Crippen LogP contribution >= 0.6 is 0 Å². The molecule has 0 bridgehead atoms. The summed E-state index contributed by atoms with van der Waals surface area (Å²) in [7, 11) is 0. The fraction of sp³-hybridized carbons (Fsp3) is 0.571. The van der Waals surface area contributed by atoms with Gasteiger partial charge >= 0.3 is 0 Å². The summed E-state index contributed by atoms with van der Waals surface area (Å²) in [6.07, 6.45) is 6.07. The van der Waals surface area contributed by atoms with Crippen LogP contribution in [0.3, 0.4) is 0 Å². The average molecular weight is 263 g/mol. The Labute approximate surface area is 113 Å². The highest BCUT2D eigenvalue weighted by molar-refractivity contribution is 5.69. The van der Waals surface area contributed by atoms with Gasteiger partial charge in [-0.3, -0.25) is 10.1 Å². The van der Waals surface area contributed by atoms with Crippen molar-refractivity contribution in [2.45, 2.75) is 45.1 Å². The van der Waals surface area contributed by atoms with Gasteiger partial charge in [0.2, 0.25) is 0 Å². The lowest BCUT2D eigenvalue weighted by molar-refractivity contribution is -0.384. The minimum absolute atomic E-state index is 0.0399. The quantitative estimate of drug-likeness (QED) is 0.494. The molecule has 2 rings (SSSR count). The van der Waals surface area contributed by atoms with Gasteiger partial charge in [-0.1, -0.05) is 26.2 Å². The molecule has 1 fully saturated rings. The fourth-order valence-electron chi connectivity index (χ4n) is 2.81. The molecule has 2 unspecified atom stereocenters. The number of hydrogen-bond acceptors (Lipinski definition) is 4. The second-order valence-corrected chi connectivity index (χ2v) is 5.31. The predicted molar refractivity (Wildman–Crippen MR) is 77.2 cm³/mol. The summed E-state index contributed by atoms with van der Waals surface area (Å²) >= 11 is 0. The van der Waals surface area contributed by atoms with Crippen LogP contribution in [-0.4, -0.2) is 11.0 Å².